The molecule has 0 aliphatic carbocycles. The molecule has 1 heterocycles. The summed E-state index contributed by atoms with van der Waals surface area (Å²) in [6.07, 6.45) is 1.79. The van der Waals surface area contributed by atoms with Gasteiger partial charge in [0.05, 0.1) is 12.5 Å². The van der Waals surface area contributed by atoms with Gasteiger partial charge in [0.2, 0.25) is 5.88 Å². The molecule has 1 aromatic carbocycles. The van der Waals surface area contributed by atoms with Gasteiger partial charge in [-0.15, -0.1) is 11.6 Å². The lowest BCUT2D eigenvalue weighted by Gasteiger charge is -2.11. The zero-order chi connectivity index (χ0) is 13.8. The van der Waals surface area contributed by atoms with E-state index >= 15 is 0 Å². The fraction of sp³-hybridized carbons (Fsp3) is 0.231. The number of benzene rings is 1. The smallest absolute Gasteiger partial charge is 0.216 e. The van der Waals surface area contributed by atoms with E-state index in [9.17, 15) is 4.39 Å². The van der Waals surface area contributed by atoms with Crippen molar-refractivity contribution in [1.82, 2.24) is 9.97 Å². The van der Waals surface area contributed by atoms with Gasteiger partial charge in [-0.25, -0.2) is 14.4 Å². The number of alkyl halides is 1. The van der Waals surface area contributed by atoms with E-state index in [4.69, 9.17) is 16.3 Å². The molecule has 6 heteroatoms. The van der Waals surface area contributed by atoms with E-state index in [2.05, 4.69) is 25.9 Å². The largest absolute Gasteiger partial charge is 0.481 e. The maximum atomic E-state index is 13.7. The van der Waals surface area contributed by atoms with Crippen LogP contribution in [0.4, 0.5) is 4.39 Å². The molecule has 0 fully saturated rings. The Balaban J connectivity index is 2.20. The minimum Gasteiger partial charge on any atom is -0.481 e. The first-order chi connectivity index (χ1) is 9.10. The molecule has 0 spiro atoms. The lowest BCUT2D eigenvalue weighted by molar-refractivity contribution is 0.396. The van der Waals surface area contributed by atoms with Gasteiger partial charge >= 0.3 is 0 Å². The van der Waals surface area contributed by atoms with Crippen molar-refractivity contribution in [3.63, 3.8) is 0 Å². The highest BCUT2D eigenvalue weighted by Gasteiger charge is 2.15. The summed E-state index contributed by atoms with van der Waals surface area (Å²) >= 11 is 9.55. The highest BCUT2D eigenvalue weighted by Crippen LogP contribution is 2.29. The molecule has 0 aliphatic rings. The molecule has 0 saturated heterocycles. The summed E-state index contributed by atoms with van der Waals surface area (Å²) < 4.78 is 19.5. The second-order valence-electron chi connectivity index (χ2n) is 3.89. The van der Waals surface area contributed by atoms with Crippen LogP contribution in [0, 0.1) is 5.82 Å². The number of hydrogen-bond donors (Lipinski definition) is 0. The Labute approximate surface area is 123 Å². The van der Waals surface area contributed by atoms with Crippen LogP contribution < -0.4 is 4.74 Å². The van der Waals surface area contributed by atoms with Gasteiger partial charge in [0.25, 0.3) is 0 Å². The molecule has 0 bridgehead atoms. The number of halogens is 3. The first-order valence-electron chi connectivity index (χ1n) is 5.54. The number of rotatable bonds is 4. The van der Waals surface area contributed by atoms with Crippen LogP contribution >= 0.6 is 27.5 Å². The minimum absolute atomic E-state index is 0.329. The molecule has 1 unspecified atom stereocenters. The van der Waals surface area contributed by atoms with Crippen molar-refractivity contribution in [2.24, 2.45) is 0 Å². The first kappa shape index (κ1) is 14.2. The zero-order valence-electron chi connectivity index (χ0n) is 10.1. The maximum Gasteiger partial charge on any atom is 0.216 e. The molecule has 1 aromatic heterocycles. The third kappa shape index (κ3) is 3.64. The highest BCUT2D eigenvalue weighted by atomic mass is 79.9. The second kappa shape index (κ2) is 6.30. The average Bonchev–Trinajstić information content (AvgIpc) is 2.41. The number of aromatic nitrogens is 2. The lowest BCUT2D eigenvalue weighted by atomic mass is 10.1. The molecule has 2 rings (SSSR count). The molecular weight excluding hydrogens is 335 g/mol. The van der Waals surface area contributed by atoms with Gasteiger partial charge in [-0.05, 0) is 18.2 Å². The number of methoxy groups -OCH3 is 1. The monoisotopic (exact) mass is 344 g/mol. The Morgan fingerprint density at radius 3 is 2.89 bits per heavy atom. The molecule has 100 valence electrons. The van der Waals surface area contributed by atoms with E-state index in [0.717, 1.165) is 4.47 Å². The molecule has 0 radical (unpaired) electrons. The van der Waals surface area contributed by atoms with E-state index in [0.29, 0.717) is 23.6 Å². The van der Waals surface area contributed by atoms with Crippen LogP contribution in [0.15, 0.2) is 35.1 Å². The normalized spacial score (nSPS) is 12.2. The third-order valence-corrected chi connectivity index (χ3v) is 3.47. The summed E-state index contributed by atoms with van der Waals surface area (Å²) in [5.41, 5.74) is 1.14. The van der Waals surface area contributed by atoms with E-state index < -0.39 is 5.38 Å². The quantitative estimate of drug-likeness (QED) is 0.788. The highest BCUT2D eigenvalue weighted by molar-refractivity contribution is 9.10. The summed E-state index contributed by atoms with van der Waals surface area (Å²) in [5.74, 6) is 0.132. The van der Waals surface area contributed by atoms with Crippen molar-refractivity contribution >= 4 is 27.5 Å². The molecule has 0 aliphatic heterocycles. The van der Waals surface area contributed by atoms with Crippen molar-refractivity contribution in [1.29, 1.82) is 0 Å². The predicted molar refractivity (Wildman–Crippen MR) is 75.0 cm³/mol. The van der Waals surface area contributed by atoms with Crippen molar-refractivity contribution in [2.45, 2.75) is 11.8 Å². The van der Waals surface area contributed by atoms with Gasteiger partial charge < -0.3 is 4.74 Å². The molecular formula is C13H11BrClFN2O. The van der Waals surface area contributed by atoms with E-state index in [-0.39, 0.29) is 5.82 Å². The van der Waals surface area contributed by atoms with Crippen molar-refractivity contribution in [3.8, 4) is 5.88 Å². The number of nitrogens with zero attached hydrogens (tertiary/aromatic N) is 2. The van der Waals surface area contributed by atoms with Crippen LogP contribution in [0.3, 0.4) is 0 Å². The van der Waals surface area contributed by atoms with Crippen molar-refractivity contribution in [3.05, 3.63) is 52.1 Å². The van der Waals surface area contributed by atoms with Crippen LogP contribution in [0.2, 0.25) is 0 Å². The fourth-order valence-corrected chi connectivity index (χ4v) is 2.35. The van der Waals surface area contributed by atoms with Gasteiger partial charge in [0, 0.05) is 28.2 Å². The summed E-state index contributed by atoms with van der Waals surface area (Å²) in [6, 6.07) is 6.38. The van der Waals surface area contributed by atoms with Crippen LogP contribution in [0.25, 0.3) is 0 Å². The molecule has 0 amide bonds. The standard InChI is InChI=1S/C13H11BrClFN2O/c1-19-13-6-9(17-7-18-13)5-11(15)10-4-8(14)2-3-12(10)16/h2-4,6-7,11H,5H2,1H3. The summed E-state index contributed by atoms with van der Waals surface area (Å²) in [5, 5.41) is -0.503. The SMILES string of the molecule is COc1cc(CC(Cl)c2cc(Br)ccc2F)ncn1. The molecule has 2 aromatic rings. The predicted octanol–water partition coefficient (Wildman–Crippen LogP) is 3.91. The molecule has 19 heavy (non-hydrogen) atoms. The summed E-state index contributed by atoms with van der Waals surface area (Å²) in [4.78, 5) is 8.01. The zero-order valence-corrected chi connectivity index (χ0v) is 12.4. The van der Waals surface area contributed by atoms with Crippen LogP contribution in [0.1, 0.15) is 16.6 Å². The Kier molecular flexibility index (Phi) is 4.71. The summed E-state index contributed by atoms with van der Waals surface area (Å²) in [6.45, 7) is 0. The lowest BCUT2D eigenvalue weighted by Crippen LogP contribution is -2.02. The van der Waals surface area contributed by atoms with E-state index in [1.807, 2.05) is 0 Å². The minimum atomic E-state index is -0.503. The Bertz CT molecular complexity index is 582. The topological polar surface area (TPSA) is 35.0 Å². The van der Waals surface area contributed by atoms with E-state index in [1.165, 1.54) is 19.5 Å². The fourth-order valence-electron chi connectivity index (χ4n) is 1.65. The van der Waals surface area contributed by atoms with E-state index in [1.54, 1.807) is 18.2 Å². The third-order valence-electron chi connectivity index (χ3n) is 2.59. The van der Waals surface area contributed by atoms with Crippen LogP contribution in [-0.2, 0) is 6.42 Å². The maximum absolute atomic E-state index is 13.7. The number of ether oxygens (including phenoxy) is 1. The molecule has 3 nitrogen and oxygen atoms in total. The van der Waals surface area contributed by atoms with Crippen LogP contribution in [-0.4, -0.2) is 17.1 Å². The molecule has 1 atom stereocenters. The molecule has 0 N–H and O–H groups in total. The van der Waals surface area contributed by atoms with Gasteiger partial charge in [0.15, 0.2) is 0 Å². The van der Waals surface area contributed by atoms with Gasteiger partial charge in [0.1, 0.15) is 12.1 Å². The van der Waals surface area contributed by atoms with Crippen molar-refractivity contribution < 1.29 is 9.13 Å². The van der Waals surface area contributed by atoms with Gasteiger partial charge in [-0.1, -0.05) is 15.9 Å². The van der Waals surface area contributed by atoms with Gasteiger partial charge in [-0.3, -0.25) is 0 Å². The van der Waals surface area contributed by atoms with Crippen LogP contribution in [0.5, 0.6) is 5.88 Å². The van der Waals surface area contributed by atoms with Crippen molar-refractivity contribution in [2.75, 3.05) is 7.11 Å². The Hall–Kier alpha value is -1.20. The van der Waals surface area contributed by atoms with Gasteiger partial charge in [-0.2, -0.15) is 0 Å². The Morgan fingerprint density at radius 1 is 1.37 bits per heavy atom. The first-order valence-corrected chi connectivity index (χ1v) is 6.77. The number of hydrogen-bond acceptors (Lipinski definition) is 3. The average molecular weight is 346 g/mol. The Morgan fingerprint density at radius 2 is 2.16 bits per heavy atom. The summed E-state index contributed by atoms with van der Waals surface area (Å²) in [7, 11) is 1.53. The molecule has 0 saturated carbocycles. The second-order valence-corrected chi connectivity index (χ2v) is 5.33.